The molecule has 0 saturated carbocycles. The van der Waals surface area contributed by atoms with Crippen molar-refractivity contribution in [1.82, 2.24) is 4.31 Å². The molecule has 0 spiro atoms. The van der Waals surface area contributed by atoms with E-state index in [9.17, 15) is 8.42 Å². The van der Waals surface area contributed by atoms with Crippen LogP contribution < -0.4 is 9.64 Å². The highest BCUT2D eigenvalue weighted by molar-refractivity contribution is 7.89. The number of ether oxygens (including phenoxy) is 1. The van der Waals surface area contributed by atoms with Gasteiger partial charge in [0.2, 0.25) is 10.0 Å². The van der Waals surface area contributed by atoms with E-state index in [1.54, 1.807) is 17.5 Å². The van der Waals surface area contributed by atoms with E-state index < -0.39 is 10.0 Å². The van der Waals surface area contributed by atoms with Crippen LogP contribution in [0.3, 0.4) is 0 Å². The Kier molecular flexibility index (Phi) is 5.30. The number of rotatable bonds is 5. The molecule has 0 unspecified atom stereocenters. The van der Waals surface area contributed by atoms with Crippen molar-refractivity contribution in [2.75, 3.05) is 31.6 Å². The molecule has 3 rings (SSSR count). The number of benzene rings is 2. The summed E-state index contributed by atoms with van der Waals surface area (Å²) in [6, 6.07) is 15.2. The van der Waals surface area contributed by atoms with Crippen LogP contribution in [0.15, 0.2) is 53.4 Å². The van der Waals surface area contributed by atoms with Crippen LogP contribution >= 0.6 is 0 Å². The lowest BCUT2D eigenvalue weighted by atomic mass is 10.2. The second-order valence-electron chi connectivity index (χ2n) is 6.08. The summed E-state index contributed by atoms with van der Waals surface area (Å²) >= 11 is 0. The summed E-state index contributed by atoms with van der Waals surface area (Å²) in [4.78, 5) is 2.38. The molecule has 0 amide bonds. The van der Waals surface area contributed by atoms with Gasteiger partial charge < -0.3 is 9.64 Å². The second-order valence-corrected chi connectivity index (χ2v) is 7.98. The molecule has 134 valence electrons. The van der Waals surface area contributed by atoms with E-state index in [0.717, 1.165) is 18.5 Å². The lowest BCUT2D eigenvalue weighted by Crippen LogP contribution is -2.34. The van der Waals surface area contributed by atoms with Crippen LogP contribution in [0.25, 0.3) is 0 Å². The van der Waals surface area contributed by atoms with Gasteiger partial charge in [0.15, 0.2) is 0 Å². The Morgan fingerprint density at radius 2 is 1.84 bits per heavy atom. The van der Waals surface area contributed by atoms with Gasteiger partial charge in [-0.1, -0.05) is 31.5 Å². The highest BCUT2D eigenvalue weighted by Gasteiger charge is 2.33. The van der Waals surface area contributed by atoms with Crippen molar-refractivity contribution in [1.29, 1.82) is 0 Å². The first kappa shape index (κ1) is 17.8. The molecule has 0 aliphatic carbocycles. The molecule has 5 nitrogen and oxygen atoms in total. The quantitative estimate of drug-likeness (QED) is 0.817. The molecule has 2 aromatic carbocycles. The molecule has 0 bridgehead atoms. The second kappa shape index (κ2) is 7.45. The third kappa shape index (κ3) is 3.50. The summed E-state index contributed by atoms with van der Waals surface area (Å²) < 4.78 is 33.3. The number of nitrogens with zero attached hydrogens (tertiary/aromatic N) is 2. The van der Waals surface area contributed by atoms with Crippen LogP contribution in [-0.4, -0.2) is 39.5 Å². The van der Waals surface area contributed by atoms with Gasteiger partial charge in [-0.05, 0) is 30.7 Å². The van der Waals surface area contributed by atoms with Crippen LogP contribution in [0.4, 0.5) is 11.4 Å². The van der Waals surface area contributed by atoms with Gasteiger partial charge in [0, 0.05) is 31.4 Å². The Balaban J connectivity index is 2.13. The summed E-state index contributed by atoms with van der Waals surface area (Å²) in [6.07, 6.45) is 1.81. The fourth-order valence-corrected chi connectivity index (χ4v) is 4.76. The van der Waals surface area contributed by atoms with Gasteiger partial charge in [-0.25, -0.2) is 8.42 Å². The number of anilines is 2. The van der Waals surface area contributed by atoms with E-state index in [-0.39, 0.29) is 0 Å². The topological polar surface area (TPSA) is 49.9 Å². The summed E-state index contributed by atoms with van der Waals surface area (Å²) in [5, 5.41) is 0. The molecule has 6 heteroatoms. The van der Waals surface area contributed by atoms with E-state index in [2.05, 4.69) is 11.8 Å². The molecule has 2 aromatic rings. The number of hydrogen-bond acceptors (Lipinski definition) is 4. The standard InChI is InChI=1S/C19H24N2O3S/c1-3-4-12-20-13-14-21(16-8-6-5-7-9-16)18-11-10-17(24-2)15-19(18)25(20,22)23/h5-11,15H,3-4,12-14H2,1-2H3. The van der Waals surface area contributed by atoms with Gasteiger partial charge in [0.1, 0.15) is 10.6 Å². The molecule has 25 heavy (non-hydrogen) atoms. The highest BCUT2D eigenvalue weighted by atomic mass is 32.2. The largest absolute Gasteiger partial charge is 0.497 e. The van der Waals surface area contributed by atoms with Crippen molar-refractivity contribution in [2.24, 2.45) is 0 Å². The molecule has 0 aromatic heterocycles. The molecular weight excluding hydrogens is 336 g/mol. The number of methoxy groups -OCH3 is 1. The van der Waals surface area contributed by atoms with Crippen LogP contribution in [0.2, 0.25) is 0 Å². The van der Waals surface area contributed by atoms with Crippen LogP contribution in [-0.2, 0) is 10.0 Å². The Morgan fingerprint density at radius 1 is 1.08 bits per heavy atom. The van der Waals surface area contributed by atoms with E-state index in [1.165, 1.54) is 0 Å². The van der Waals surface area contributed by atoms with Crippen molar-refractivity contribution in [3.8, 4) is 5.75 Å². The van der Waals surface area contributed by atoms with Crippen LogP contribution in [0, 0.1) is 0 Å². The lowest BCUT2D eigenvalue weighted by molar-refractivity contribution is 0.408. The van der Waals surface area contributed by atoms with Crippen molar-refractivity contribution in [3.63, 3.8) is 0 Å². The minimum Gasteiger partial charge on any atom is -0.497 e. The number of sulfonamides is 1. The molecule has 0 atom stereocenters. The molecule has 0 saturated heterocycles. The van der Waals surface area contributed by atoms with Gasteiger partial charge in [0.25, 0.3) is 0 Å². The zero-order valence-electron chi connectivity index (χ0n) is 14.7. The summed E-state index contributed by atoms with van der Waals surface area (Å²) in [5.41, 5.74) is 1.69. The SMILES string of the molecule is CCCCN1CCN(c2ccccc2)c2ccc(OC)cc2S1(=O)=O. The van der Waals surface area contributed by atoms with Crippen molar-refractivity contribution in [3.05, 3.63) is 48.5 Å². The maximum atomic E-state index is 13.2. The maximum Gasteiger partial charge on any atom is 0.245 e. The number of fused-ring (bicyclic) bond motifs is 1. The van der Waals surface area contributed by atoms with E-state index >= 15 is 0 Å². The van der Waals surface area contributed by atoms with Gasteiger partial charge in [-0.15, -0.1) is 0 Å². The number of para-hydroxylation sites is 1. The van der Waals surface area contributed by atoms with Gasteiger partial charge >= 0.3 is 0 Å². The van der Waals surface area contributed by atoms with Crippen molar-refractivity contribution in [2.45, 2.75) is 24.7 Å². The minimum atomic E-state index is -3.55. The maximum absolute atomic E-state index is 13.2. The van der Waals surface area contributed by atoms with Crippen LogP contribution in [0.1, 0.15) is 19.8 Å². The normalized spacial score (nSPS) is 17.0. The number of unbranched alkanes of at least 4 members (excludes halogenated alkanes) is 1. The highest BCUT2D eigenvalue weighted by Crippen LogP contribution is 2.37. The predicted molar refractivity (Wildman–Crippen MR) is 100 cm³/mol. The van der Waals surface area contributed by atoms with Gasteiger partial charge in [0.05, 0.1) is 12.8 Å². The average Bonchev–Trinajstić information content (AvgIpc) is 2.75. The van der Waals surface area contributed by atoms with Gasteiger partial charge in [-0.2, -0.15) is 4.31 Å². The Labute approximate surface area is 149 Å². The average molecular weight is 360 g/mol. The Bertz CT molecular complexity index is 822. The van der Waals surface area contributed by atoms with Crippen molar-refractivity contribution < 1.29 is 13.2 Å². The molecule has 1 aliphatic heterocycles. The Morgan fingerprint density at radius 3 is 2.52 bits per heavy atom. The van der Waals surface area contributed by atoms with Crippen LogP contribution in [0.5, 0.6) is 5.75 Å². The minimum absolute atomic E-state index is 0.310. The third-order valence-corrected chi connectivity index (χ3v) is 6.41. The number of hydrogen-bond donors (Lipinski definition) is 0. The first-order chi connectivity index (χ1) is 12.1. The first-order valence-corrected chi connectivity index (χ1v) is 10.0. The molecule has 0 radical (unpaired) electrons. The predicted octanol–water partition coefficient (Wildman–Crippen LogP) is 3.64. The smallest absolute Gasteiger partial charge is 0.245 e. The monoisotopic (exact) mass is 360 g/mol. The molecule has 1 aliphatic rings. The fourth-order valence-electron chi connectivity index (χ4n) is 3.08. The van der Waals surface area contributed by atoms with E-state index in [0.29, 0.717) is 36.0 Å². The molecule has 0 N–H and O–H groups in total. The van der Waals surface area contributed by atoms with E-state index in [4.69, 9.17) is 4.74 Å². The first-order valence-electron chi connectivity index (χ1n) is 8.58. The Hall–Kier alpha value is -2.05. The van der Waals surface area contributed by atoms with Gasteiger partial charge in [-0.3, -0.25) is 0 Å². The van der Waals surface area contributed by atoms with Crippen molar-refractivity contribution >= 4 is 21.4 Å². The molecule has 1 heterocycles. The summed E-state index contributed by atoms with van der Waals surface area (Å²) in [5.74, 6) is 0.549. The summed E-state index contributed by atoms with van der Waals surface area (Å²) in [6.45, 7) is 3.69. The molecular formula is C19H24N2O3S. The third-order valence-electron chi connectivity index (χ3n) is 4.48. The zero-order chi connectivity index (χ0) is 17.9. The fraction of sp³-hybridized carbons (Fsp3) is 0.368. The lowest BCUT2D eigenvalue weighted by Gasteiger charge is -2.24. The van der Waals surface area contributed by atoms with E-state index in [1.807, 2.05) is 42.5 Å². The molecule has 0 fully saturated rings. The summed E-state index contributed by atoms with van der Waals surface area (Å²) in [7, 11) is -2.00. The zero-order valence-corrected chi connectivity index (χ0v) is 15.5.